The minimum Gasteiger partial charge on any atom is -0.340 e. The van der Waals surface area contributed by atoms with Crippen LogP contribution in [0.2, 0.25) is 5.02 Å². The molecule has 0 unspecified atom stereocenters. The molecule has 0 aromatic carbocycles. The Hall–Kier alpha value is -1.16. The van der Waals surface area contributed by atoms with E-state index in [2.05, 4.69) is 9.97 Å². The quantitative estimate of drug-likeness (QED) is 0.847. The van der Waals surface area contributed by atoms with Gasteiger partial charge < -0.3 is 4.90 Å². The van der Waals surface area contributed by atoms with E-state index >= 15 is 0 Å². The summed E-state index contributed by atoms with van der Waals surface area (Å²) in [5, 5.41) is 0.333. The van der Waals surface area contributed by atoms with Crippen molar-refractivity contribution in [1.29, 1.82) is 0 Å². The lowest BCUT2D eigenvalue weighted by atomic mass is 9.89. The van der Waals surface area contributed by atoms with Crippen LogP contribution in [-0.2, 0) is 0 Å². The fraction of sp³-hybridized carbons (Fsp3) is 0.688. The average Bonchev–Trinajstić information content (AvgIpc) is 2.47. The fourth-order valence-corrected chi connectivity index (χ4v) is 3.00. The maximum atomic E-state index is 12.6. The lowest BCUT2D eigenvalue weighted by Crippen LogP contribution is -2.33. The highest BCUT2D eigenvalue weighted by Gasteiger charge is 2.22. The van der Waals surface area contributed by atoms with Crippen molar-refractivity contribution in [1.82, 2.24) is 14.9 Å². The molecule has 0 aliphatic heterocycles. The van der Waals surface area contributed by atoms with Crippen molar-refractivity contribution in [3.05, 3.63) is 22.7 Å². The molecule has 116 valence electrons. The minimum atomic E-state index is -0.102. The second-order valence-corrected chi connectivity index (χ2v) is 6.68. The zero-order valence-corrected chi connectivity index (χ0v) is 13.9. The molecule has 2 rings (SSSR count). The number of rotatable bonds is 4. The Morgan fingerprint density at radius 3 is 2.67 bits per heavy atom. The lowest BCUT2D eigenvalue weighted by Gasteiger charge is -2.27. The molecule has 4 nitrogen and oxygen atoms in total. The Morgan fingerprint density at radius 1 is 1.38 bits per heavy atom. The third-order valence-corrected chi connectivity index (χ3v) is 4.36. The predicted octanol–water partition coefficient (Wildman–Crippen LogP) is 3.91. The van der Waals surface area contributed by atoms with Gasteiger partial charge in [-0.25, -0.2) is 9.97 Å². The minimum absolute atomic E-state index is 0.102. The van der Waals surface area contributed by atoms with Crippen molar-refractivity contribution < 1.29 is 4.79 Å². The van der Waals surface area contributed by atoms with Crippen LogP contribution >= 0.6 is 11.6 Å². The first-order valence-corrected chi connectivity index (χ1v) is 8.14. The van der Waals surface area contributed by atoms with Gasteiger partial charge in [-0.1, -0.05) is 44.7 Å². The van der Waals surface area contributed by atoms with E-state index in [0.29, 0.717) is 22.5 Å². The van der Waals surface area contributed by atoms with E-state index in [4.69, 9.17) is 11.6 Å². The fourth-order valence-electron chi connectivity index (χ4n) is 2.83. The van der Waals surface area contributed by atoms with Crippen LogP contribution in [-0.4, -0.2) is 34.4 Å². The van der Waals surface area contributed by atoms with Crippen LogP contribution in [0.1, 0.15) is 68.2 Å². The maximum absolute atomic E-state index is 12.6. The monoisotopic (exact) mass is 309 g/mol. The van der Waals surface area contributed by atoms with Crippen LogP contribution in [0.3, 0.4) is 0 Å². The van der Waals surface area contributed by atoms with Gasteiger partial charge in [0.15, 0.2) is 5.69 Å². The van der Waals surface area contributed by atoms with E-state index < -0.39 is 0 Å². The Labute approximate surface area is 131 Å². The van der Waals surface area contributed by atoms with Crippen LogP contribution in [0.25, 0.3) is 0 Å². The van der Waals surface area contributed by atoms with E-state index in [9.17, 15) is 4.79 Å². The molecular weight excluding hydrogens is 286 g/mol. The maximum Gasteiger partial charge on any atom is 0.273 e. The summed E-state index contributed by atoms with van der Waals surface area (Å²) in [4.78, 5) is 22.9. The summed E-state index contributed by atoms with van der Waals surface area (Å²) in [6.45, 7) is 4.79. The van der Waals surface area contributed by atoms with Crippen LogP contribution in [0, 0.1) is 5.92 Å². The molecule has 1 aromatic heterocycles. The van der Waals surface area contributed by atoms with Gasteiger partial charge in [-0.15, -0.1) is 0 Å². The molecule has 1 aromatic rings. The van der Waals surface area contributed by atoms with Crippen LogP contribution in [0.4, 0.5) is 0 Å². The topological polar surface area (TPSA) is 46.1 Å². The molecule has 0 atom stereocenters. The molecule has 0 N–H and O–H groups in total. The zero-order chi connectivity index (χ0) is 15.4. The third kappa shape index (κ3) is 4.16. The van der Waals surface area contributed by atoms with Crippen molar-refractivity contribution in [2.75, 3.05) is 13.6 Å². The van der Waals surface area contributed by atoms with Crippen molar-refractivity contribution in [3.8, 4) is 0 Å². The number of halogens is 1. The number of amides is 1. The highest BCUT2D eigenvalue weighted by atomic mass is 35.5. The van der Waals surface area contributed by atoms with Gasteiger partial charge in [0.2, 0.25) is 0 Å². The average molecular weight is 310 g/mol. The van der Waals surface area contributed by atoms with E-state index in [1.165, 1.54) is 38.3 Å². The van der Waals surface area contributed by atoms with E-state index in [-0.39, 0.29) is 11.8 Å². The summed E-state index contributed by atoms with van der Waals surface area (Å²) >= 11 is 6.11. The normalized spacial score (nSPS) is 16.2. The van der Waals surface area contributed by atoms with Gasteiger partial charge in [0.25, 0.3) is 5.91 Å². The SMILES string of the molecule is CC(C)c1ncc(Cl)c(C(=O)N(C)CC2CCCCC2)n1. The smallest absolute Gasteiger partial charge is 0.273 e. The first kappa shape index (κ1) is 16.2. The molecular formula is C16H24ClN3O. The third-order valence-electron chi connectivity index (χ3n) is 4.09. The number of carbonyl (C=O) groups is 1. The van der Waals surface area contributed by atoms with Gasteiger partial charge in [-0.05, 0) is 18.8 Å². The summed E-state index contributed by atoms with van der Waals surface area (Å²) in [5.41, 5.74) is 0.327. The van der Waals surface area contributed by atoms with Gasteiger partial charge in [-0.2, -0.15) is 0 Å². The summed E-state index contributed by atoms with van der Waals surface area (Å²) in [6.07, 6.45) is 7.84. The molecule has 1 fully saturated rings. The van der Waals surface area contributed by atoms with Gasteiger partial charge in [0, 0.05) is 19.5 Å². The van der Waals surface area contributed by atoms with Crippen LogP contribution < -0.4 is 0 Å². The second-order valence-electron chi connectivity index (χ2n) is 6.27. The standard InChI is InChI=1S/C16H24ClN3O/c1-11(2)15-18-9-13(17)14(19-15)16(21)20(3)10-12-7-5-4-6-8-12/h9,11-12H,4-8,10H2,1-3H3. The molecule has 1 saturated carbocycles. The van der Waals surface area contributed by atoms with Crippen molar-refractivity contribution in [2.45, 2.75) is 51.9 Å². The summed E-state index contributed by atoms with van der Waals surface area (Å²) in [6, 6.07) is 0. The number of hydrogen-bond acceptors (Lipinski definition) is 3. The van der Waals surface area contributed by atoms with Crippen molar-refractivity contribution >= 4 is 17.5 Å². The van der Waals surface area contributed by atoms with Gasteiger partial charge in [0.05, 0.1) is 11.2 Å². The summed E-state index contributed by atoms with van der Waals surface area (Å²) < 4.78 is 0. The highest BCUT2D eigenvalue weighted by Crippen LogP contribution is 2.25. The first-order valence-electron chi connectivity index (χ1n) is 7.77. The van der Waals surface area contributed by atoms with Crippen molar-refractivity contribution in [2.24, 2.45) is 5.92 Å². The van der Waals surface area contributed by atoms with Crippen LogP contribution in [0.15, 0.2) is 6.20 Å². The first-order chi connectivity index (χ1) is 9.99. The zero-order valence-electron chi connectivity index (χ0n) is 13.1. The van der Waals surface area contributed by atoms with Gasteiger partial charge in [-0.3, -0.25) is 4.79 Å². The second kappa shape index (κ2) is 7.21. The summed E-state index contributed by atoms with van der Waals surface area (Å²) in [5.74, 6) is 1.35. The van der Waals surface area contributed by atoms with Crippen molar-refractivity contribution in [3.63, 3.8) is 0 Å². The Morgan fingerprint density at radius 2 is 2.05 bits per heavy atom. The molecule has 0 radical (unpaired) electrons. The molecule has 1 heterocycles. The number of nitrogens with zero attached hydrogens (tertiary/aromatic N) is 3. The molecule has 0 bridgehead atoms. The van der Waals surface area contributed by atoms with E-state index in [1.807, 2.05) is 20.9 Å². The Balaban J connectivity index is 2.09. The van der Waals surface area contributed by atoms with Gasteiger partial charge >= 0.3 is 0 Å². The van der Waals surface area contributed by atoms with E-state index in [1.54, 1.807) is 4.90 Å². The Bertz CT molecular complexity index is 498. The molecule has 0 spiro atoms. The van der Waals surface area contributed by atoms with Crippen LogP contribution in [0.5, 0.6) is 0 Å². The molecule has 5 heteroatoms. The molecule has 1 amide bonds. The number of aromatic nitrogens is 2. The molecule has 0 saturated heterocycles. The molecule has 1 aliphatic rings. The predicted molar refractivity (Wildman–Crippen MR) is 84.7 cm³/mol. The Kier molecular flexibility index (Phi) is 5.57. The number of hydrogen-bond donors (Lipinski definition) is 0. The van der Waals surface area contributed by atoms with E-state index in [0.717, 1.165) is 6.54 Å². The largest absolute Gasteiger partial charge is 0.340 e. The highest BCUT2D eigenvalue weighted by molar-refractivity contribution is 6.33. The molecule has 1 aliphatic carbocycles. The lowest BCUT2D eigenvalue weighted by molar-refractivity contribution is 0.0754. The number of carbonyl (C=O) groups excluding carboxylic acids is 1. The van der Waals surface area contributed by atoms with Gasteiger partial charge in [0.1, 0.15) is 5.82 Å². The molecule has 21 heavy (non-hydrogen) atoms. The summed E-state index contributed by atoms with van der Waals surface area (Å²) in [7, 11) is 1.84.